The zero-order valence-electron chi connectivity index (χ0n) is 17.8. The molecule has 10 nitrogen and oxygen atoms in total. The molecule has 168 valence electrons. The topological polar surface area (TPSA) is 132 Å². The molecule has 0 spiro atoms. The van der Waals surface area contributed by atoms with E-state index in [-0.39, 0.29) is 12.4 Å². The fraction of sp³-hybridized carbons (Fsp3) is 0.130. The molecule has 0 fully saturated rings. The van der Waals surface area contributed by atoms with Gasteiger partial charge >= 0.3 is 0 Å². The highest BCUT2D eigenvalue weighted by Crippen LogP contribution is 2.25. The zero-order chi connectivity index (χ0) is 23.5. The van der Waals surface area contributed by atoms with Crippen molar-refractivity contribution in [3.8, 4) is 22.6 Å². The van der Waals surface area contributed by atoms with Gasteiger partial charge in [-0.05, 0) is 36.4 Å². The summed E-state index contributed by atoms with van der Waals surface area (Å²) < 4.78 is 6.85. The van der Waals surface area contributed by atoms with Crippen molar-refractivity contribution in [3.05, 3.63) is 79.0 Å². The van der Waals surface area contributed by atoms with Crippen LogP contribution in [0.15, 0.2) is 73.3 Å². The highest BCUT2D eigenvalue weighted by atomic mass is 16.5. The van der Waals surface area contributed by atoms with Gasteiger partial charge in [-0.1, -0.05) is 12.1 Å². The molecule has 0 saturated carbocycles. The smallest absolute Gasteiger partial charge is 0.290 e. The van der Waals surface area contributed by atoms with E-state index in [1.165, 1.54) is 0 Å². The molecule has 0 radical (unpaired) electrons. The van der Waals surface area contributed by atoms with E-state index in [1.807, 2.05) is 36.4 Å². The minimum atomic E-state index is -0.325. The van der Waals surface area contributed by atoms with Gasteiger partial charge in [0.15, 0.2) is 0 Å². The van der Waals surface area contributed by atoms with Gasteiger partial charge in [-0.25, -0.2) is 4.98 Å². The number of carbonyl (C=O) groups excluding carboxylic acids is 1. The van der Waals surface area contributed by atoms with Crippen molar-refractivity contribution < 1.29 is 19.4 Å². The van der Waals surface area contributed by atoms with Crippen molar-refractivity contribution in [2.24, 2.45) is 0 Å². The van der Waals surface area contributed by atoms with Gasteiger partial charge in [0, 0.05) is 37.5 Å². The second-order valence-electron chi connectivity index (χ2n) is 6.57. The summed E-state index contributed by atoms with van der Waals surface area (Å²) in [7, 11) is 1.63. The molecule has 0 saturated heterocycles. The predicted molar refractivity (Wildman–Crippen MR) is 121 cm³/mol. The second kappa shape index (κ2) is 11.8. The summed E-state index contributed by atoms with van der Waals surface area (Å²) in [5.74, 6) is -0.325. The van der Waals surface area contributed by atoms with Crippen molar-refractivity contribution in [3.63, 3.8) is 0 Å². The van der Waals surface area contributed by atoms with Crippen LogP contribution in [0, 0.1) is 0 Å². The molecule has 0 atom stereocenters. The molecule has 0 unspecified atom stereocenters. The number of anilines is 1. The van der Waals surface area contributed by atoms with E-state index >= 15 is 0 Å². The standard InChI is InChI=1S/C22H20N6O2.CH2O2/c1-30-14-13-28-15-20(21(27-28)18-5-2-3-10-24-18)26-22(29)19-7-4-6-17(25-19)16-8-11-23-12-9-16;2-1-3/h2-12,15H,13-14H2,1H3,(H,26,29);1H,(H,2,3). The lowest BCUT2D eigenvalue weighted by atomic mass is 10.1. The molecular weight excluding hydrogens is 424 g/mol. The van der Waals surface area contributed by atoms with E-state index in [0.29, 0.717) is 41.6 Å². The summed E-state index contributed by atoms with van der Waals surface area (Å²) in [5, 5.41) is 14.4. The first-order valence-corrected chi connectivity index (χ1v) is 9.90. The first kappa shape index (κ1) is 23.2. The fourth-order valence-electron chi connectivity index (χ4n) is 2.94. The third-order valence-electron chi connectivity index (χ3n) is 4.40. The van der Waals surface area contributed by atoms with Gasteiger partial charge in [-0.3, -0.25) is 24.2 Å². The molecule has 4 aromatic rings. The summed E-state index contributed by atoms with van der Waals surface area (Å²) >= 11 is 0. The first-order valence-electron chi connectivity index (χ1n) is 9.90. The van der Waals surface area contributed by atoms with Crippen LogP contribution in [-0.2, 0) is 16.1 Å². The van der Waals surface area contributed by atoms with E-state index in [2.05, 4.69) is 25.4 Å². The predicted octanol–water partition coefficient (Wildman–Crippen LogP) is 3.00. The summed E-state index contributed by atoms with van der Waals surface area (Å²) in [4.78, 5) is 34.2. The van der Waals surface area contributed by atoms with Gasteiger partial charge in [0.25, 0.3) is 12.4 Å². The number of methoxy groups -OCH3 is 1. The summed E-state index contributed by atoms with van der Waals surface area (Å²) in [5.41, 5.74) is 3.71. The van der Waals surface area contributed by atoms with E-state index in [1.54, 1.807) is 48.7 Å². The van der Waals surface area contributed by atoms with Gasteiger partial charge < -0.3 is 15.2 Å². The van der Waals surface area contributed by atoms with Crippen LogP contribution >= 0.6 is 0 Å². The third kappa shape index (κ3) is 6.28. The van der Waals surface area contributed by atoms with Crippen LogP contribution in [0.2, 0.25) is 0 Å². The SMILES string of the molecule is COCCn1cc(NC(=O)c2cccc(-c3ccncc3)n2)c(-c2ccccn2)n1.O=CO. The number of nitrogens with zero attached hydrogens (tertiary/aromatic N) is 5. The fourth-order valence-corrected chi connectivity index (χ4v) is 2.94. The Morgan fingerprint density at radius 3 is 2.55 bits per heavy atom. The van der Waals surface area contributed by atoms with Crippen molar-refractivity contribution in [2.45, 2.75) is 6.54 Å². The number of ether oxygens (including phenoxy) is 1. The van der Waals surface area contributed by atoms with E-state index in [4.69, 9.17) is 14.6 Å². The van der Waals surface area contributed by atoms with Crippen LogP contribution in [0.1, 0.15) is 10.5 Å². The molecule has 0 bridgehead atoms. The first-order chi connectivity index (χ1) is 16.2. The molecule has 4 rings (SSSR count). The van der Waals surface area contributed by atoms with Crippen LogP contribution in [0.4, 0.5) is 5.69 Å². The van der Waals surface area contributed by atoms with Gasteiger partial charge in [-0.15, -0.1) is 0 Å². The number of pyridine rings is 3. The number of hydrogen-bond acceptors (Lipinski definition) is 7. The highest BCUT2D eigenvalue weighted by molar-refractivity contribution is 6.04. The summed E-state index contributed by atoms with van der Waals surface area (Å²) in [6.45, 7) is 0.814. The maximum absolute atomic E-state index is 12.9. The van der Waals surface area contributed by atoms with E-state index in [0.717, 1.165) is 5.56 Å². The number of rotatable bonds is 7. The maximum atomic E-state index is 12.9. The molecule has 10 heteroatoms. The lowest BCUT2D eigenvalue weighted by molar-refractivity contribution is -0.122. The lowest BCUT2D eigenvalue weighted by Gasteiger charge is -2.06. The number of carboxylic acid groups (broad SMARTS) is 1. The van der Waals surface area contributed by atoms with Crippen LogP contribution in [0.3, 0.4) is 0 Å². The summed E-state index contributed by atoms with van der Waals surface area (Å²) in [6, 6.07) is 14.6. The Labute approximate surface area is 189 Å². The van der Waals surface area contributed by atoms with Crippen LogP contribution in [0.25, 0.3) is 22.6 Å². The minimum absolute atomic E-state index is 0.250. The molecule has 0 aliphatic rings. The van der Waals surface area contributed by atoms with Gasteiger partial charge in [0.2, 0.25) is 0 Å². The summed E-state index contributed by atoms with van der Waals surface area (Å²) in [6.07, 6.45) is 6.84. The van der Waals surface area contributed by atoms with Crippen molar-refractivity contribution >= 4 is 18.1 Å². The Hall–Kier alpha value is -4.44. The van der Waals surface area contributed by atoms with E-state index in [9.17, 15) is 4.79 Å². The average Bonchev–Trinajstić information content (AvgIpc) is 3.27. The molecule has 0 aromatic carbocycles. The quantitative estimate of drug-likeness (QED) is 0.414. The number of carbonyl (C=O) groups is 2. The van der Waals surface area contributed by atoms with Gasteiger partial charge in [0.05, 0.1) is 30.2 Å². The molecule has 2 N–H and O–H groups in total. The Morgan fingerprint density at radius 1 is 1.09 bits per heavy atom. The molecule has 4 heterocycles. The largest absolute Gasteiger partial charge is 0.483 e. The number of nitrogens with one attached hydrogen (secondary N) is 1. The van der Waals surface area contributed by atoms with Crippen LogP contribution in [-0.4, -0.2) is 55.9 Å². The molecule has 0 aliphatic carbocycles. The monoisotopic (exact) mass is 446 g/mol. The Balaban J connectivity index is 0.000000968. The van der Waals surface area contributed by atoms with Gasteiger partial charge in [0.1, 0.15) is 11.4 Å². The van der Waals surface area contributed by atoms with Crippen molar-refractivity contribution in [2.75, 3.05) is 19.0 Å². The van der Waals surface area contributed by atoms with Crippen LogP contribution in [0.5, 0.6) is 0 Å². The lowest BCUT2D eigenvalue weighted by Crippen LogP contribution is -2.14. The number of amides is 1. The van der Waals surface area contributed by atoms with E-state index < -0.39 is 0 Å². The zero-order valence-corrected chi connectivity index (χ0v) is 17.8. The number of aromatic nitrogens is 5. The molecule has 1 amide bonds. The molecule has 33 heavy (non-hydrogen) atoms. The maximum Gasteiger partial charge on any atom is 0.290 e. The average molecular weight is 446 g/mol. The Bertz CT molecular complexity index is 1180. The van der Waals surface area contributed by atoms with Crippen molar-refractivity contribution in [1.82, 2.24) is 24.7 Å². The normalized spacial score (nSPS) is 10.1. The Morgan fingerprint density at radius 2 is 1.85 bits per heavy atom. The molecule has 4 aromatic heterocycles. The molecular formula is C23H22N6O4. The van der Waals surface area contributed by atoms with Gasteiger partial charge in [-0.2, -0.15) is 5.10 Å². The minimum Gasteiger partial charge on any atom is -0.483 e. The highest BCUT2D eigenvalue weighted by Gasteiger charge is 2.17. The van der Waals surface area contributed by atoms with Crippen LogP contribution < -0.4 is 5.32 Å². The third-order valence-corrected chi connectivity index (χ3v) is 4.40. The molecule has 0 aliphatic heterocycles. The number of hydrogen-bond donors (Lipinski definition) is 2. The second-order valence-corrected chi connectivity index (χ2v) is 6.57. The van der Waals surface area contributed by atoms with Crippen molar-refractivity contribution in [1.29, 1.82) is 0 Å². The Kier molecular flexibility index (Phi) is 8.32.